The third kappa shape index (κ3) is 3.77. The summed E-state index contributed by atoms with van der Waals surface area (Å²) >= 11 is 0. The van der Waals surface area contributed by atoms with Crippen molar-refractivity contribution in [2.75, 3.05) is 7.05 Å². The number of aryl methyl sites for hydroxylation is 1. The van der Waals surface area contributed by atoms with Crippen molar-refractivity contribution in [3.8, 4) is 0 Å². The average Bonchev–Trinajstić information content (AvgIpc) is 3.26. The van der Waals surface area contributed by atoms with E-state index in [9.17, 15) is 22.8 Å². The summed E-state index contributed by atoms with van der Waals surface area (Å²) in [5.41, 5.74) is -1.57. The highest BCUT2D eigenvalue weighted by Gasteiger charge is 2.41. The van der Waals surface area contributed by atoms with Gasteiger partial charge in [-0.3, -0.25) is 18.7 Å². The molecule has 1 saturated carbocycles. The first-order valence-corrected chi connectivity index (χ1v) is 10.9. The summed E-state index contributed by atoms with van der Waals surface area (Å²) in [4.78, 5) is 41.1. The first kappa shape index (κ1) is 20.9. The third-order valence-electron chi connectivity index (χ3n) is 5.21. The fourth-order valence-corrected chi connectivity index (χ4v) is 4.62. The van der Waals surface area contributed by atoms with Crippen molar-refractivity contribution in [2.45, 2.75) is 36.7 Å². The molecule has 0 bridgehead atoms. The van der Waals surface area contributed by atoms with Gasteiger partial charge in [0.2, 0.25) is 15.9 Å². The number of sulfonamides is 1. The maximum atomic E-state index is 13.0. The zero-order valence-corrected chi connectivity index (χ0v) is 17.8. The minimum Gasteiger partial charge on any atom is -0.352 e. The van der Waals surface area contributed by atoms with Crippen molar-refractivity contribution in [1.29, 1.82) is 0 Å². The van der Waals surface area contributed by atoms with Gasteiger partial charge in [-0.1, -0.05) is 5.16 Å². The summed E-state index contributed by atoms with van der Waals surface area (Å²) in [5, 5.41) is 5.88. The number of nitrogens with zero attached hydrogens (tertiary/aromatic N) is 4. The molecule has 0 unspecified atom stereocenters. The van der Waals surface area contributed by atoms with Crippen LogP contribution in [0.2, 0.25) is 0 Å². The second-order valence-corrected chi connectivity index (χ2v) is 9.35. The van der Waals surface area contributed by atoms with Gasteiger partial charge in [-0.05, 0) is 38.0 Å². The van der Waals surface area contributed by atoms with Gasteiger partial charge in [0.1, 0.15) is 6.54 Å². The molecular weight excluding hydrogens is 428 g/mol. The Morgan fingerprint density at radius 2 is 2.00 bits per heavy atom. The zero-order valence-electron chi connectivity index (χ0n) is 17.0. The lowest BCUT2D eigenvalue weighted by molar-refractivity contribution is 0.0950. The smallest absolute Gasteiger partial charge is 0.331 e. The zero-order chi connectivity index (χ0) is 22.6. The van der Waals surface area contributed by atoms with Crippen LogP contribution in [0.5, 0.6) is 0 Å². The van der Waals surface area contributed by atoms with Crippen LogP contribution in [0.4, 0.5) is 0 Å². The van der Waals surface area contributed by atoms with Gasteiger partial charge in [0.15, 0.2) is 0 Å². The quantitative estimate of drug-likeness (QED) is 0.502. The van der Waals surface area contributed by atoms with Crippen molar-refractivity contribution in [3.05, 3.63) is 50.8 Å². The molecule has 1 aliphatic carbocycles. The lowest BCUT2D eigenvalue weighted by atomic mass is 10.2. The van der Waals surface area contributed by atoms with Gasteiger partial charge in [0, 0.05) is 19.6 Å². The van der Waals surface area contributed by atoms with Crippen LogP contribution in [0.15, 0.2) is 37.2 Å². The molecule has 164 valence electrons. The monoisotopic (exact) mass is 448 g/mol. The molecule has 1 amide bonds. The summed E-state index contributed by atoms with van der Waals surface area (Å²) in [6, 6.07) is 4.02. The average molecular weight is 448 g/mol. The minimum absolute atomic E-state index is 0.0389. The molecule has 12 nitrogen and oxygen atoms in total. The molecule has 0 radical (unpaired) electrons. The van der Waals surface area contributed by atoms with Gasteiger partial charge in [-0.2, -0.15) is 4.98 Å². The summed E-state index contributed by atoms with van der Waals surface area (Å²) in [5.74, 6) is -0.944. The number of hydrogen-bond acceptors (Lipinski definition) is 8. The number of nitrogens with one attached hydrogen (secondary N) is 2. The predicted octanol–water partition coefficient (Wildman–Crippen LogP) is -0.678. The fourth-order valence-electron chi connectivity index (χ4n) is 3.13. The van der Waals surface area contributed by atoms with Crippen LogP contribution in [0.3, 0.4) is 0 Å². The van der Waals surface area contributed by atoms with Crippen molar-refractivity contribution in [1.82, 2.24) is 29.3 Å². The second-order valence-electron chi connectivity index (χ2n) is 7.67. The molecule has 0 spiro atoms. The van der Waals surface area contributed by atoms with Gasteiger partial charge < -0.3 is 9.84 Å². The molecule has 4 rings (SSSR count). The summed E-state index contributed by atoms with van der Waals surface area (Å²) in [7, 11) is -0.983. The molecule has 1 aliphatic rings. The van der Waals surface area contributed by atoms with Gasteiger partial charge >= 0.3 is 5.69 Å². The van der Waals surface area contributed by atoms with E-state index in [2.05, 4.69) is 20.2 Å². The molecule has 13 heteroatoms. The van der Waals surface area contributed by atoms with Crippen LogP contribution in [-0.4, -0.2) is 46.2 Å². The highest BCUT2D eigenvalue weighted by atomic mass is 32.2. The van der Waals surface area contributed by atoms with Crippen molar-refractivity contribution >= 4 is 26.8 Å². The summed E-state index contributed by atoms with van der Waals surface area (Å²) in [6.45, 7) is 1.43. The van der Waals surface area contributed by atoms with Crippen molar-refractivity contribution in [2.24, 2.45) is 7.05 Å². The van der Waals surface area contributed by atoms with Gasteiger partial charge in [-0.15, -0.1) is 0 Å². The molecule has 0 atom stereocenters. The number of aromatic nitrogens is 4. The van der Waals surface area contributed by atoms with E-state index in [0.717, 1.165) is 17.4 Å². The maximum absolute atomic E-state index is 13.0. The molecule has 0 saturated heterocycles. The van der Waals surface area contributed by atoms with E-state index in [1.807, 2.05) is 0 Å². The Kier molecular flexibility index (Phi) is 4.81. The van der Waals surface area contributed by atoms with E-state index in [4.69, 9.17) is 4.52 Å². The molecular formula is C18H20N6O6S. The SMILES string of the molecule is CNC(=O)c1noc(Cn2c(=O)c3cc(S(=O)(=O)NC4(C)CC4)ccc3n(C)c2=O)n1. The first-order valence-electron chi connectivity index (χ1n) is 9.37. The Labute approximate surface area is 175 Å². The van der Waals surface area contributed by atoms with Crippen LogP contribution in [0.25, 0.3) is 10.9 Å². The minimum atomic E-state index is -3.84. The second kappa shape index (κ2) is 7.13. The highest BCUT2D eigenvalue weighted by molar-refractivity contribution is 7.89. The number of carbonyl (C=O) groups is 1. The van der Waals surface area contributed by atoms with Gasteiger partial charge in [-0.25, -0.2) is 17.9 Å². The Bertz CT molecular complexity index is 1430. The number of hydrogen-bond donors (Lipinski definition) is 2. The summed E-state index contributed by atoms with van der Waals surface area (Å²) < 4.78 is 35.1. The van der Waals surface area contributed by atoms with E-state index >= 15 is 0 Å². The van der Waals surface area contributed by atoms with Crippen LogP contribution < -0.4 is 21.3 Å². The Balaban J connectivity index is 1.80. The fraction of sp³-hybridized carbons (Fsp3) is 0.389. The molecule has 0 aliphatic heterocycles. The molecule has 1 aromatic carbocycles. The largest absolute Gasteiger partial charge is 0.352 e. The van der Waals surface area contributed by atoms with E-state index in [1.54, 1.807) is 6.92 Å². The van der Waals surface area contributed by atoms with Gasteiger partial charge in [0.25, 0.3) is 17.3 Å². The molecule has 3 aromatic rings. The topological polar surface area (TPSA) is 158 Å². The van der Waals surface area contributed by atoms with Crippen LogP contribution in [-0.2, 0) is 23.6 Å². The van der Waals surface area contributed by atoms with E-state index in [-0.39, 0.29) is 34.1 Å². The van der Waals surface area contributed by atoms with Crippen LogP contribution in [0.1, 0.15) is 36.3 Å². The van der Waals surface area contributed by atoms with E-state index < -0.39 is 32.7 Å². The van der Waals surface area contributed by atoms with Gasteiger partial charge in [0.05, 0.1) is 15.8 Å². The number of amides is 1. The van der Waals surface area contributed by atoms with E-state index in [0.29, 0.717) is 0 Å². The normalized spacial score (nSPS) is 15.2. The number of rotatable bonds is 6. The van der Waals surface area contributed by atoms with Crippen molar-refractivity contribution < 1.29 is 17.7 Å². The van der Waals surface area contributed by atoms with Crippen LogP contribution in [0, 0.1) is 0 Å². The number of benzene rings is 1. The van der Waals surface area contributed by atoms with Crippen LogP contribution >= 0.6 is 0 Å². The maximum Gasteiger partial charge on any atom is 0.331 e. The predicted molar refractivity (Wildman–Crippen MR) is 108 cm³/mol. The molecule has 1 fully saturated rings. The molecule has 2 N–H and O–H groups in total. The van der Waals surface area contributed by atoms with E-state index in [1.165, 1.54) is 36.9 Å². The lowest BCUT2D eigenvalue weighted by Crippen LogP contribution is -2.39. The molecule has 31 heavy (non-hydrogen) atoms. The number of carbonyl (C=O) groups excluding carboxylic acids is 1. The lowest BCUT2D eigenvalue weighted by Gasteiger charge is -2.14. The Hall–Kier alpha value is -3.32. The Morgan fingerprint density at radius 1 is 1.29 bits per heavy atom. The molecule has 2 heterocycles. The first-order chi connectivity index (χ1) is 14.5. The highest BCUT2D eigenvalue weighted by Crippen LogP contribution is 2.36. The standard InChI is InChI=1S/C18H20N6O6S/c1-18(6-7-18)22-31(28,29)10-4-5-12-11(8-10)16(26)24(17(27)23(12)3)9-13-20-14(21-30-13)15(25)19-2/h4-5,8,22H,6-7,9H2,1-3H3,(H,19,25). The number of fused-ring (bicyclic) bond motifs is 1. The molecule has 2 aromatic heterocycles. The third-order valence-corrected chi connectivity index (χ3v) is 6.84. The van der Waals surface area contributed by atoms with Crippen molar-refractivity contribution in [3.63, 3.8) is 0 Å². The summed E-state index contributed by atoms with van der Waals surface area (Å²) in [6.07, 6.45) is 1.48. The Morgan fingerprint density at radius 3 is 2.65 bits per heavy atom.